The van der Waals surface area contributed by atoms with Crippen LogP contribution < -0.4 is 5.32 Å². The molecule has 17 heavy (non-hydrogen) atoms. The molecule has 0 aliphatic rings. The molecule has 1 atom stereocenters. The zero-order chi connectivity index (χ0) is 13.1. The van der Waals surface area contributed by atoms with Gasteiger partial charge in [0, 0.05) is 25.5 Å². The second-order valence-electron chi connectivity index (χ2n) is 4.47. The zero-order valence-corrected chi connectivity index (χ0v) is 12.2. The first-order valence-electron chi connectivity index (χ1n) is 6.48. The molecule has 0 radical (unpaired) electrons. The molecule has 0 aromatic heterocycles. The summed E-state index contributed by atoms with van der Waals surface area (Å²) in [6.45, 7) is 6.61. The van der Waals surface area contributed by atoms with Crippen LogP contribution in [0.25, 0.3) is 0 Å². The maximum atomic E-state index is 11.1. The van der Waals surface area contributed by atoms with Crippen molar-refractivity contribution in [1.82, 2.24) is 5.32 Å². The number of rotatable bonds is 11. The molecule has 104 valence electrons. The van der Waals surface area contributed by atoms with Crippen molar-refractivity contribution in [2.45, 2.75) is 45.6 Å². The van der Waals surface area contributed by atoms with Crippen LogP contribution in [-0.2, 0) is 14.6 Å². The third-order valence-corrected chi connectivity index (χ3v) is 3.46. The molecule has 0 spiro atoms. The third kappa shape index (κ3) is 12.1. The van der Waals surface area contributed by atoms with Crippen LogP contribution in [0.3, 0.4) is 0 Å². The van der Waals surface area contributed by atoms with Gasteiger partial charge in [-0.2, -0.15) is 0 Å². The number of hydrogen-bond acceptors (Lipinski definition) is 4. The summed E-state index contributed by atoms with van der Waals surface area (Å²) in [5, 5.41) is 3.37. The first kappa shape index (κ1) is 16.9. The summed E-state index contributed by atoms with van der Waals surface area (Å²) >= 11 is 0. The highest BCUT2D eigenvalue weighted by Gasteiger charge is 2.11. The molecule has 0 rings (SSSR count). The van der Waals surface area contributed by atoms with Gasteiger partial charge in [-0.25, -0.2) is 8.42 Å². The summed E-state index contributed by atoms with van der Waals surface area (Å²) in [7, 11) is -2.86. The second kappa shape index (κ2) is 9.85. The summed E-state index contributed by atoms with van der Waals surface area (Å²) in [5.74, 6) is 0.252. The standard InChI is InChI=1S/C12H27NO3S/c1-4-8-13-12(6-10-16-9-5-2)7-11-17(3,14)15/h12-13H,4-11H2,1-3H3. The van der Waals surface area contributed by atoms with Gasteiger partial charge in [0.1, 0.15) is 9.84 Å². The number of ether oxygens (including phenoxy) is 1. The summed E-state index contributed by atoms with van der Waals surface area (Å²) < 4.78 is 27.7. The molecule has 0 aliphatic carbocycles. The predicted molar refractivity (Wildman–Crippen MR) is 72.1 cm³/mol. The fourth-order valence-corrected chi connectivity index (χ4v) is 2.24. The fourth-order valence-electron chi connectivity index (χ4n) is 1.53. The van der Waals surface area contributed by atoms with E-state index in [9.17, 15) is 8.42 Å². The van der Waals surface area contributed by atoms with Crippen LogP contribution in [0, 0.1) is 0 Å². The van der Waals surface area contributed by atoms with Gasteiger partial charge in [0.15, 0.2) is 0 Å². The van der Waals surface area contributed by atoms with Gasteiger partial charge in [-0.15, -0.1) is 0 Å². The number of hydrogen-bond donors (Lipinski definition) is 1. The first-order valence-corrected chi connectivity index (χ1v) is 8.54. The largest absolute Gasteiger partial charge is 0.381 e. The Kier molecular flexibility index (Phi) is 9.78. The summed E-state index contributed by atoms with van der Waals surface area (Å²) in [6, 6.07) is 0.251. The lowest BCUT2D eigenvalue weighted by Gasteiger charge is -2.18. The monoisotopic (exact) mass is 265 g/mol. The molecular weight excluding hydrogens is 238 g/mol. The summed E-state index contributed by atoms with van der Waals surface area (Å²) in [6.07, 6.45) is 4.93. The predicted octanol–water partition coefficient (Wildman–Crippen LogP) is 1.61. The van der Waals surface area contributed by atoms with Crippen molar-refractivity contribution >= 4 is 9.84 Å². The molecule has 0 amide bonds. The fraction of sp³-hybridized carbons (Fsp3) is 1.00. The molecule has 0 heterocycles. The molecule has 0 fully saturated rings. The van der Waals surface area contributed by atoms with E-state index in [0.29, 0.717) is 13.0 Å². The zero-order valence-electron chi connectivity index (χ0n) is 11.4. The van der Waals surface area contributed by atoms with Crippen molar-refractivity contribution in [1.29, 1.82) is 0 Å². The molecule has 0 aromatic rings. The quantitative estimate of drug-likeness (QED) is 0.577. The molecule has 0 aliphatic heterocycles. The second-order valence-corrected chi connectivity index (χ2v) is 6.73. The van der Waals surface area contributed by atoms with E-state index in [-0.39, 0.29) is 11.8 Å². The van der Waals surface area contributed by atoms with Gasteiger partial charge in [-0.3, -0.25) is 0 Å². The average Bonchev–Trinajstić information content (AvgIpc) is 2.25. The van der Waals surface area contributed by atoms with Crippen molar-refractivity contribution in [2.24, 2.45) is 0 Å². The van der Waals surface area contributed by atoms with Crippen LogP contribution in [0.15, 0.2) is 0 Å². The minimum Gasteiger partial charge on any atom is -0.381 e. The maximum Gasteiger partial charge on any atom is 0.147 e. The average molecular weight is 265 g/mol. The van der Waals surface area contributed by atoms with Crippen molar-refractivity contribution in [3.8, 4) is 0 Å². The van der Waals surface area contributed by atoms with E-state index in [1.165, 1.54) is 6.26 Å². The minimum atomic E-state index is -2.86. The Labute approximate surface area is 106 Å². The van der Waals surface area contributed by atoms with E-state index in [4.69, 9.17) is 4.74 Å². The Bertz CT molecular complexity index is 265. The number of nitrogens with one attached hydrogen (secondary N) is 1. The van der Waals surface area contributed by atoms with Gasteiger partial charge in [0.25, 0.3) is 0 Å². The van der Waals surface area contributed by atoms with Gasteiger partial charge < -0.3 is 10.1 Å². The van der Waals surface area contributed by atoms with Crippen LogP contribution >= 0.6 is 0 Å². The smallest absolute Gasteiger partial charge is 0.147 e. The van der Waals surface area contributed by atoms with E-state index in [1.807, 2.05) is 0 Å². The molecule has 1 unspecified atom stereocenters. The molecule has 0 aromatic carbocycles. The van der Waals surface area contributed by atoms with Crippen molar-refractivity contribution < 1.29 is 13.2 Å². The first-order chi connectivity index (χ1) is 7.99. The Morgan fingerprint density at radius 2 is 1.82 bits per heavy atom. The van der Waals surface area contributed by atoms with Gasteiger partial charge in [0.05, 0.1) is 5.75 Å². The lowest BCUT2D eigenvalue weighted by atomic mass is 10.1. The van der Waals surface area contributed by atoms with E-state index in [1.54, 1.807) is 0 Å². The van der Waals surface area contributed by atoms with E-state index in [2.05, 4.69) is 19.2 Å². The topological polar surface area (TPSA) is 55.4 Å². The van der Waals surface area contributed by atoms with Crippen LogP contribution in [0.1, 0.15) is 39.5 Å². The van der Waals surface area contributed by atoms with Crippen LogP contribution in [0.4, 0.5) is 0 Å². The third-order valence-electron chi connectivity index (χ3n) is 2.48. The number of sulfone groups is 1. The minimum absolute atomic E-state index is 0.251. The Morgan fingerprint density at radius 1 is 1.12 bits per heavy atom. The van der Waals surface area contributed by atoms with E-state index < -0.39 is 9.84 Å². The molecule has 0 bridgehead atoms. The molecule has 5 heteroatoms. The molecule has 4 nitrogen and oxygen atoms in total. The molecular formula is C12H27NO3S. The van der Waals surface area contributed by atoms with E-state index >= 15 is 0 Å². The van der Waals surface area contributed by atoms with Crippen LogP contribution in [-0.4, -0.2) is 46.2 Å². The van der Waals surface area contributed by atoms with Crippen molar-refractivity contribution in [2.75, 3.05) is 31.8 Å². The highest BCUT2D eigenvalue weighted by atomic mass is 32.2. The summed E-state index contributed by atoms with van der Waals surface area (Å²) in [4.78, 5) is 0. The van der Waals surface area contributed by atoms with Crippen LogP contribution in [0.2, 0.25) is 0 Å². The summed E-state index contributed by atoms with van der Waals surface area (Å²) in [5.41, 5.74) is 0. The van der Waals surface area contributed by atoms with Crippen LogP contribution in [0.5, 0.6) is 0 Å². The molecule has 0 saturated carbocycles. The van der Waals surface area contributed by atoms with Gasteiger partial charge in [0.2, 0.25) is 0 Å². The SMILES string of the molecule is CCCNC(CCOCCC)CCS(C)(=O)=O. The lowest BCUT2D eigenvalue weighted by molar-refractivity contribution is 0.124. The molecule has 0 saturated heterocycles. The Hall–Kier alpha value is -0.130. The highest BCUT2D eigenvalue weighted by molar-refractivity contribution is 7.90. The Balaban J connectivity index is 3.87. The van der Waals surface area contributed by atoms with Crippen molar-refractivity contribution in [3.05, 3.63) is 0 Å². The van der Waals surface area contributed by atoms with E-state index in [0.717, 1.165) is 32.4 Å². The van der Waals surface area contributed by atoms with Gasteiger partial charge >= 0.3 is 0 Å². The van der Waals surface area contributed by atoms with Gasteiger partial charge in [-0.1, -0.05) is 13.8 Å². The lowest BCUT2D eigenvalue weighted by Crippen LogP contribution is -2.32. The van der Waals surface area contributed by atoms with Gasteiger partial charge in [-0.05, 0) is 32.2 Å². The van der Waals surface area contributed by atoms with Crippen molar-refractivity contribution in [3.63, 3.8) is 0 Å². The normalized spacial score (nSPS) is 13.8. The Morgan fingerprint density at radius 3 is 2.35 bits per heavy atom. The maximum absolute atomic E-state index is 11.1. The molecule has 1 N–H and O–H groups in total. The highest BCUT2D eigenvalue weighted by Crippen LogP contribution is 2.02.